The first-order chi connectivity index (χ1) is 6.83. The van der Waals surface area contributed by atoms with Gasteiger partial charge >= 0.3 is 0 Å². The number of halogens is 1. The number of benzene rings is 1. The lowest BCUT2D eigenvalue weighted by Gasteiger charge is -1.99. The molecule has 3 nitrogen and oxygen atoms in total. The molecule has 2 rings (SSSR count). The van der Waals surface area contributed by atoms with Gasteiger partial charge in [0, 0.05) is 5.56 Å². The van der Waals surface area contributed by atoms with E-state index in [-0.39, 0.29) is 5.82 Å². The lowest BCUT2D eigenvalue weighted by molar-refractivity contribution is 0.112. The number of hydrogen-bond acceptors (Lipinski definition) is 2. The summed E-state index contributed by atoms with van der Waals surface area (Å²) in [4.78, 5) is 10.6. The van der Waals surface area contributed by atoms with E-state index in [1.54, 1.807) is 18.2 Å². The summed E-state index contributed by atoms with van der Waals surface area (Å²) in [6.07, 6.45) is 2.01. The molecule has 0 spiro atoms. The van der Waals surface area contributed by atoms with Crippen molar-refractivity contribution in [3.05, 3.63) is 41.8 Å². The van der Waals surface area contributed by atoms with E-state index >= 15 is 0 Å². The van der Waals surface area contributed by atoms with E-state index in [0.29, 0.717) is 23.1 Å². The van der Waals surface area contributed by atoms with E-state index in [0.717, 1.165) is 0 Å². The van der Waals surface area contributed by atoms with E-state index in [1.165, 1.54) is 12.3 Å². The number of nitrogens with zero attached hydrogens (tertiary/aromatic N) is 1. The van der Waals surface area contributed by atoms with Gasteiger partial charge in [-0.1, -0.05) is 12.1 Å². The number of hydrogen-bond donors (Lipinski definition) is 1. The van der Waals surface area contributed by atoms with Crippen LogP contribution < -0.4 is 0 Å². The highest BCUT2D eigenvalue weighted by Crippen LogP contribution is 2.22. The summed E-state index contributed by atoms with van der Waals surface area (Å²) >= 11 is 0. The molecule has 70 valence electrons. The number of carbonyl (C=O) groups is 1. The first kappa shape index (κ1) is 8.62. The highest BCUT2D eigenvalue weighted by Gasteiger charge is 2.10. The number of carbonyl (C=O) groups excluding carboxylic acids is 1. The van der Waals surface area contributed by atoms with Crippen molar-refractivity contribution in [1.29, 1.82) is 0 Å². The Bertz CT molecular complexity index is 465. The van der Waals surface area contributed by atoms with Gasteiger partial charge in [-0.15, -0.1) is 0 Å². The monoisotopic (exact) mass is 190 g/mol. The average molecular weight is 190 g/mol. The van der Waals surface area contributed by atoms with Gasteiger partial charge in [0.25, 0.3) is 0 Å². The van der Waals surface area contributed by atoms with Crippen molar-refractivity contribution in [2.24, 2.45) is 0 Å². The molecular formula is C10H7FN2O. The fourth-order valence-corrected chi connectivity index (χ4v) is 1.26. The Hall–Kier alpha value is -1.97. The molecule has 0 amide bonds. The standard InChI is InChI=1S/C10H7FN2O/c11-9-4-2-1-3-8(9)10-7(6-14)5-12-13-10/h1-6H,(H,12,13). The molecule has 1 aromatic carbocycles. The molecule has 0 fully saturated rings. The quantitative estimate of drug-likeness (QED) is 0.736. The largest absolute Gasteiger partial charge is 0.298 e. The predicted octanol–water partition coefficient (Wildman–Crippen LogP) is 2.03. The van der Waals surface area contributed by atoms with E-state index in [1.807, 2.05) is 0 Å². The second-order valence-electron chi connectivity index (χ2n) is 2.80. The van der Waals surface area contributed by atoms with Crippen molar-refractivity contribution in [3.8, 4) is 11.3 Å². The topological polar surface area (TPSA) is 45.8 Å². The van der Waals surface area contributed by atoms with Gasteiger partial charge in [-0.05, 0) is 12.1 Å². The van der Waals surface area contributed by atoms with Gasteiger partial charge in [0.05, 0.1) is 17.5 Å². The Kier molecular flexibility index (Phi) is 2.10. The molecule has 0 unspecified atom stereocenters. The Morgan fingerprint density at radius 3 is 2.86 bits per heavy atom. The van der Waals surface area contributed by atoms with Crippen LogP contribution in [0.4, 0.5) is 4.39 Å². The highest BCUT2D eigenvalue weighted by molar-refractivity contribution is 5.85. The number of aromatic nitrogens is 2. The molecule has 4 heteroatoms. The fraction of sp³-hybridized carbons (Fsp3) is 0. The van der Waals surface area contributed by atoms with Gasteiger partial charge in [0.15, 0.2) is 6.29 Å². The first-order valence-electron chi connectivity index (χ1n) is 4.06. The summed E-state index contributed by atoms with van der Waals surface area (Å²) in [7, 11) is 0. The Balaban J connectivity index is 2.60. The molecule has 0 aliphatic heterocycles. The molecular weight excluding hydrogens is 183 g/mol. The van der Waals surface area contributed by atoms with Gasteiger partial charge in [-0.2, -0.15) is 5.10 Å². The molecule has 0 aliphatic rings. The third-order valence-electron chi connectivity index (χ3n) is 1.94. The third kappa shape index (κ3) is 1.31. The van der Waals surface area contributed by atoms with Gasteiger partial charge in [0.2, 0.25) is 0 Å². The van der Waals surface area contributed by atoms with Crippen LogP contribution in [0.25, 0.3) is 11.3 Å². The maximum absolute atomic E-state index is 13.3. The molecule has 14 heavy (non-hydrogen) atoms. The average Bonchev–Trinajstić information content (AvgIpc) is 2.66. The van der Waals surface area contributed by atoms with Crippen molar-refractivity contribution in [2.75, 3.05) is 0 Å². The van der Waals surface area contributed by atoms with E-state index < -0.39 is 0 Å². The van der Waals surface area contributed by atoms with E-state index in [4.69, 9.17) is 0 Å². The summed E-state index contributed by atoms with van der Waals surface area (Å²) in [6.45, 7) is 0. The molecule has 0 saturated carbocycles. The van der Waals surface area contributed by atoms with Crippen molar-refractivity contribution >= 4 is 6.29 Å². The lowest BCUT2D eigenvalue weighted by atomic mass is 10.1. The van der Waals surface area contributed by atoms with Crippen LogP contribution in [0.3, 0.4) is 0 Å². The van der Waals surface area contributed by atoms with Crippen LogP contribution in [0, 0.1) is 5.82 Å². The number of nitrogens with one attached hydrogen (secondary N) is 1. The second kappa shape index (κ2) is 3.41. The normalized spacial score (nSPS) is 10.1. The van der Waals surface area contributed by atoms with Crippen LogP contribution in [0.5, 0.6) is 0 Å². The SMILES string of the molecule is O=Cc1cn[nH]c1-c1ccccc1F. The summed E-state index contributed by atoms with van der Waals surface area (Å²) in [5.74, 6) is -0.375. The summed E-state index contributed by atoms with van der Waals surface area (Å²) in [5.41, 5.74) is 1.13. The fourth-order valence-electron chi connectivity index (χ4n) is 1.26. The number of aromatic amines is 1. The van der Waals surface area contributed by atoms with Crippen LogP contribution >= 0.6 is 0 Å². The van der Waals surface area contributed by atoms with Crippen molar-refractivity contribution in [1.82, 2.24) is 10.2 Å². The van der Waals surface area contributed by atoms with Gasteiger partial charge < -0.3 is 0 Å². The zero-order valence-corrected chi connectivity index (χ0v) is 7.20. The molecule has 1 N–H and O–H groups in total. The molecule has 1 aromatic heterocycles. The zero-order chi connectivity index (χ0) is 9.97. The number of H-pyrrole nitrogens is 1. The van der Waals surface area contributed by atoms with Crippen LogP contribution in [0.15, 0.2) is 30.5 Å². The van der Waals surface area contributed by atoms with E-state index in [2.05, 4.69) is 10.2 Å². The molecule has 0 saturated heterocycles. The van der Waals surface area contributed by atoms with Crippen LogP contribution in [-0.4, -0.2) is 16.5 Å². The lowest BCUT2D eigenvalue weighted by Crippen LogP contribution is -1.87. The Labute approximate surface area is 79.6 Å². The molecule has 0 bridgehead atoms. The number of rotatable bonds is 2. The van der Waals surface area contributed by atoms with E-state index in [9.17, 15) is 9.18 Å². The van der Waals surface area contributed by atoms with Gasteiger partial charge in [0.1, 0.15) is 5.82 Å². The Morgan fingerprint density at radius 1 is 1.36 bits per heavy atom. The Morgan fingerprint density at radius 2 is 2.14 bits per heavy atom. The minimum absolute atomic E-state index is 0.354. The minimum Gasteiger partial charge on any atom is -0.298 e. The summed E-state index contributed by atoms with van der Waals surface area (Å²) < 4.78 is 13.3. The highest BCUT2D eigenvalue weighted by atomic mass is 19.1. The minimum atomic E-state index is -0.375. The summed E-state index contributed by atoms with van der Waals surface area (Å²) in [6, 6.07) is 6.23. The maximum atomic E-state index is 13.3. The van der Waals surface area contributed by atoms with Crippen LogP contribution in [0.1, 0.15) is 10.4 Å². The van der Waals surface area contributed by atoms with Gasteiger partial charge in [-0.3, -0.25) is 9.89 Å². The second-order valence-corrected chi connectivity index (χ2v) is 2.80. The third-order valence-corrected chi connectivity index (χ3v) is 1.94. The van der Waals surface area contributed by atoms with Crippen LogP contribution in [0.2, 0.25) is 0 Å². The zero-order valence-electron chi connectivity index (χ0n) is 7.20. The predicted molar refractivity (Wildman–Crippen MR) is 49.4 cm³/mol. The molecule has 2 aromatic rings. The molecule has 0 radical (unpaired) electrons. The maximum Gasteiger partial charge on any atom is 0.153 e. The smallest absolute Gasteiger partial charge is 0.153 e. The van der Waals surface area contributed by atoms with Crippen molar-refractivity contribution < 1.29 is 9.18 Å². The number of aldehydes is 1. The van der Waals surface area contributed by atoms with Gasteiger partial charge in [-0.25, -0.2) is 4.39 Å². The van der Waals surface area contributed by atoms with Crippen molar-refractivity contribution in [2.45, 2.75) is 0 Å². The molecule has 0 atom stereocenters. The molecule has 1 heterocycles. The van der Waals surface area contributed by atoms with Crippen LogP contribution in [-0.2, 0) is 0 Å². The summed E-state index contributed by atoms with van der Waals surface area (Å²) in [5, 5.41) is 6.28. The first-order valence-corrected chi connectivity index (χ1v) is 4.06. The van der Waals surface area contributed by atoms with Crippen molar-refractivity contribution in [3.63, 3.8) is 0 Å². The molecule has 0 aliphatic carbocycles.